The normalized spacial score (nSPS) is 10.6. The van der Waals surface area contributed by atoms with Crippen LogP contribution < -0.4 is 14.8 Å². The fourth-order valence-corrected chi connectivity index (χ4v) is 3.60. The quantitative estimate of drug-likeness (QED) is 0.446. The molecule has 0 radical (unpaired) electrons. The third kappa shape index (κ3) is 4.21. The van der Waals surface area contributed by atoms with Crippen LogP contribution in [0.1, 0.15) is 21.6 Å². The first-order chi connectivity index (χ1) is 15.5. The SMILES string of the molecule is COc1ccc(-c2cn(-c3ccccc3)nc2C(=O)Nc2ccc(C)cc2C)cc1OC. The Morgan fingerprint density at radius 1 is 0.906 bits per heavy atom. The maximum absolute atomic E-state index is 13.3. The third-order valence-corrected chi connectivity index (χ3v) is 5.27. The van der Waals surface area contributed by atoms with E-state index in [1.165, 1.54) is 0 Å². The molecule has 0 unspecified atom stereocenters. The standard InChI is InChI=1S/C26H25N3O3/c1-17-10-12-22(18(2)14-17)27-26(30)25-21(16-29(28-25)20-8-6-5-7-9-20)19-11-13-23(31-3)24(15-19)32-4/h5-16H,1-4H3,(H,27,30). The zero-order valence-electron chi connectivity index (χ0n) is 18.5. The van der Waals surface area contributed by atoms with Crippen molar-refractivity contribution >= 4 is 11.6 Å². The summed E-state index contributed by atoms with van der Waals surface area (Å²) in [6.07, 6.45) is 1.85. The van der Waals surface area contributed by atoms with Crippen molar-refractivity contribution in [2.24, 2.45) is 0 Å². The highest BCUT2D eigenvalue weighted by molar-refractivity contribution is 6.07. The maximum atomic E-state index is 13.3. The Morgan fingerprint density at radius 2 is 1.66 bits per heavy atom. The van der Waals surface area contributed by atoms with Crippen molar-refractivity contribution in [1.29, 1.82) is 0 Å². The Balaban J connectivity index is 1.80. The average Bonchev–Trinajstić information content (AvgIpc) is 3.26. The first-order valence-corrected chi connectivity index (χ1v) is 10.3. The van der Waals surface area contributed by atoms with Gasteiger partial charge < -0.3 is 14.8 Å². The van der Waals surface area contributed by atoms with Crippen molar-refractivity contribution in [2.75, 3.05) is 19.5 Å². The van der Waals surface area contributed by atoms with Crippen molar-refractivity contribution in [2.45, 2.75) is 13.8 Å². The first-order valence-electron chi connectivity index (χ1n) is 10.3. The molecule has 0 aliphatic carbocycles. The number of para-hydroxylation sites is 1. The molecule has 4 rings (SSSR count). The van der Waals surface area contributed by atoms with Gasteiger partial charge in [-0.3, -0.25) is 4.79 Å². The van der Waals surface area contributed by atoms with Gasteiger partial charge in [-0.25, -0.2) is 4.68 Å². The van der Waals surface area contributed by atoms with Gasteiger partial charge in [0.15, 0.2) is 17.2 Å². The summed E-state index contributed by atoms with van der Waals surface area (Å²) >= 11 is 0. The minimum Gasteiger partial charge on any atom is -0.493 e. The first kappa shape index (κ1) is 21.2. The number of aryl methyl sites for hydroxylation is 2. The van der Waals surface area contributed by atoms with Crippen LogP contribution in [0.25, 0.3) is 16.8 Å². The van der Waals surface area contributed by atoms with Crippen molar-refractivity contribution in [3.8, 4) is 28.3 Å². The van der Waals surface area contributed by atoms with Gasteiger partial charge >= 0.3 is 0 Å². The van der Waals surface area contributed by atoms with Crippen LogP contribution in [0.2, 0.25) is 0 Å². The molecule has 162 valence electrons. The second-order valence-corrected chi connectivity index (χ2v) is 7.51. The number of anilines is 1. The van der Waals surface area contributed by atoms with Crippen LogP contribution in [0.4, 0.5) is 5.69 Å². The average molecular weight is 428 g/mol. The van der Waals surface area contributed by atoms with E-state index in [9.17, 15) is 4.79 Å². The van der Waals surface area contributed by atoms with Crippen molar-refractivity contribution in [3.05, 3.63) is 89.7 Å². The van der Waals surface area contributed by atoms with E-state index in [2.05, 4.69) is 10.4 Å². The van der Waals surface area contributed by atoms with Gasteiger partial charge in [0.2, 0.25) is 0 Å². The van der Waals surface area contributed by atoms with Gasteiger partial charge in [0.05, 0.1) is 19.9 Å². The van der Waals surface area contributed by atoms with Crippen molar-refractivity contribution in [1.82, 2.24) is 9.78 Å². The predicted molar refractivity (Wildman–Crippen MR) is 126 cm³/mol. The van der Waals surface area contributed by atoms with Crippen LogP contribution in [0.3, 0.4) is 0 Å². The summed E-state index contributed by atoms with van der Waals surface area (Å²) in [7, 11) is 3.18. The summed E-state index contributed by atoms with van der Waals surface area (Å²) in [5, 5.41) is 7.64. The third-order valence-electron chi connectivity index (χ3n) is 5.27. The van der Waals surface area contributed by atoms with E-state index in [0.29, 0.717) is 22.8 Å². The molecular formula is C26H25N3O3. The zero-order chi connectivity index (χ0) is 22.7. The molecule has 32 heavy (non-hydrogen) atoms. The van der Waals surface area contributed by atoms with Crippen LogP contribution in [-0.2, 0) is 0 Å². The summed E-state index contributed by atoms with van der Waals surface area (Å²) in [5.74, 6) is 0.919. The molecule has 0 saturated heterocycles. The summed E-state index contributed by atoms with van der Waals surface area (Å²) < 4.78 is 12.5. The summed E-state index contributed by atoms with van der Waals surface area (Å²) in [6.45, 7) is 4.00. The van der Waals surface area contributed by atoms with Crippen molar-refractivity contribution in [3.63, 3.8) is 0 Å². The molecule has 1 aromatic heterocycles. The minimum absolute atomic E-state index is 0.281. The monoisotopic (exact) mass is 427 g/mol. The van der Waals surface area contributed by atoms with Gasteiger partial charge in [-0.1, -0.05) is 42.0 Å². The van der Waals surface area contributed by atoms with Gasteiger partial charge in [0.1, 0.15) is 0 Å². The van der Waals surface area contributed by atoms with Gasteiger partial charge in [0.25, 0.3) is 5.91 Å². The Morgan fingerprint density at radius 3 is 2.34 bits per heavy atom. The number of nitrogens with one attached hydrogen (secondary N) is 1. The number of carbonyl (C=O) groups excluding carboxylic acids is 1. The number of amides is 1. The molecule has 1 amide bonds. The molecular weight excluding hydrogens is 402 g/mol. The van der Waals surface area contributed by atoms with Crippen LogP contribution in [0.15, 0.2) is 72.9 Å². The Hall–Kier alpha value is -4.06. The number of hydrogen-bond donors (Lipinski definition) is 1. The van der Waals surface area contributed by atoms with Crippen LogP contribution in [0, 0.1) is 13.8 Å². The summed E-state index contributed by atoms with van der Waals surface area (Å²) in [4.78, 5) is 13.3. The second kappa shape index (κ2) is 8.98. The summed E-state index contributed by atoms with van der Waals surface area (Å²) in [5.41, 5.74) is 5.56. The molecule has 0 bridgehead atoms. The van der Waals surface area contributed by atoms with E-state index in [4.69, 9.17) is 9.47 Å². The topological polar surface area (TPSA) is 65.4 Å². The maximum Gasteiger partial charge on any atom is 0.276 e. The van der Waals surface area contributed by atoms with Crippen LogP contribution >= 0.6 is 0 Å². The number of nitrogens with zero attached hydrogens (tertiary/aromatic N) is 2. The molecule has 0 fully saturated rings. The van der Waals surface area contributed by atoms with Crippen molar-refractivity contribution < 1.29 is 14.3 Å². The zero-order valence-corrected chi connectivity index (χ0v) is 18.5. The van der Waals surface area contributed by atoms with E-state index < -0.39 is 0 Å². The highest BCUT2D eigenvalue weighted by atomic mass is 16.5. The molecule has 0 spiro atoms. The van der Waals surface area contributed by atoms with Gasteiger partial charge in [-0.2, -0.15) is 5.10 Å². The summed E-state index contributed by atoms with van der Waals surface area (Å²) in [6, 6.07) is 21.2. The fraction of sp³-hybridized carbons (Fsp3) is 0.154. The van der Waals surface area contributed by atoms with Gasteiger partial charge in [0, 0.05) is 17.4 Å². The lowest BCUT2D eigenvalue weighted by atomic mass is 10.0. The number of carbonyl (C=O) groups is 1. The molecule has 1 N–H and O–H groups in total. The lowest BCUT2D eigenvalue weighted by molar-refractivity contribution is 0.102. The number of benzene rings is 3. The molecule has 3 aromatic carbocycles. The Bertz CT molecular complexity index is 1260. The van der Waals surface area contributed by atoms with E-state index in [-0.39, 0.29) is 5.91 Å². The number of aromatic nitrogens is 2. The molecule has 6 nitrogen and oxygen atoms in total. The molecule has 0 saturated carbocycles. The van der Waals surface area contributed by atoms with E-state index >= 15 is 0 Å². The number of rotatable bonds is 6. The molecule has 0 aliphatic rings. The second-order valence-electron chi connectivity index (χ2n) is 7.51. The lowest BCUT2D eigenvalue weighted by Gasteiger charge is -2.11. The Kier molecular flexibility index (Phi) is 5.94. The minimum atomic E-state index is -0.281. The number of hydrogen-bond acceptors (Lipinski definition) is 4. The van der Waals surface area contributed by atoms with E-state index in [0.717, 1.165) is 28.1 Å². The largest absolute Gasteiger partial charge is 0.493 e. The molecule has 0 aliphatic heterocycles. The fourth-order valence-electron chi connectivity index (χ4n) is 3.60. The number of ether oxygens (including phenoxy) is 2. The lowest BCUT2D eigenvalue weighted by Crippen LogP contribution is -2.15. The molecule has 6 heteroatoms. The van der Waals surface area contributed by atoms with Gasteiger partial charge in [-0.05, 0) is 55.3 Å². The molecule has 0 atom stereocenters. The smallest absolute Gasteiger partial charge is 0.276 e. The number of methoxy groups -OCH3 is 2. The van der Waals surface area contributed by atoms with E-state index in [1.54, 1.807) is 18.9 Å². The predicted octanol–water partition coefficient (Wildman–Crippen LogP) is 5.43. The van der Waals surface area contributed by atoms with Crippen LogP contribution in [0.5, 0.6) is 11.5 Å². The van der Waals surface area contributed by atoms with Crippen LogP contribution in [-0.4, -0.2) is 29.9 Å². The molecule has 4 aromatic rings. The Labute approximate surface area is 187 Å². The van der Waals surface area contributed by atoms with Gasteiger partial charge in [-0.15, -0.1) is 0 Å². The van der Waals surface area contributed by atoms with E-state index in [1.807, 2.05) is 86.8 Å². The highest BCUT2D eigenvalue weighted by Gasteiger charge is 2.21. The molecule has 1 heterocycles. The highest BCUT2D eigenvalue weighted by Crippen LogP contribution is 2.34.